The smallest absolute Gasteiger partial charge is 0.0594 e. The van der Waals surface area contributed by atoms with Crippen LogP contribution in [0.5, 0.6) is 0 Å². The van der Waals surface area contributed by atoms with Crippen molar-refractivity contribution in [3.05, 3.63) is 0 Å². The maximum absolute atomic E-state index is 5.90. The number of morpholine rings is 1. The second-order valence-corrected chi connectivity index (χ2v) is 4.92. The lowest BCUT2D eigenvalue weighted by atomic mass is 9.97. The molecule has 0 amide bonds. The molecule has 0 aromatic carbocycles. The number of rotatable bonds is 4. The SMILES string of the molecule is NCC(CC1CCCC1)N1CCOCC1. The molecule has 0 radical (unpaired) electrons. The van der Waals surface area contributed by atoms with Gasteiger partial charge in [-0.1, -0.05) is 25.7 Å². The maximum atomic E-state index is 5.90. The van der Waals surface area contributed by atoms with Gasteiger partial charge < -0.3 is 10.5 Å². The Morgan fingerprint density at radius 1 is 1.20 bits per heavy atom. The number of nitrogens with zero attached hydrogens (tertiary/aromatic N) is 1. The predicted molar refractivity (Wildman–Crippen MR) is 61.8 cm³/mol. The van der Waals surface area contributed by atoms with E-state index in [4.69, 9.17) is 10.5 Å². The van der Waals surface area contributed by atoms with Gasteiger partial charge in [-0.25, -0.2) is 0 Å². The Morgan fingerprint density at radius 2 is 1.87 bits per heavy atom. The van der Waals surface area contributed by atoms with Gasteiger partial charge in [0.05, 0.1) is 13.2 Å². The molecule has 2 fully saturated rings. The first-order valence-electron chi connectivity index (χ1n) is 6.42. The highest BCUT2D eigenvalue weighted by Gasteiger charge is 2.24. The minimum atomic E-state index is 0.608. The summed E-state index contributed by atoms with van der Waals surface area (Å²) in [6, 6.07) is 0.608. The van der Waals surface area contributed by atoms with Gasteiger partial charge in [0.1, 0.15) is 0 Å². The van der Waals surface area contributed by atoms with E-state index in [0.29, 0.717) is 6.04 Å². The molecule has 0 aromatic rings. The molecule has 0 bridgehead atoms. The van der Waals surface area contributed by atoms with E-state index in [-0.39, 0.29) is 0 Å². The van der Waals surface area contributed by atoms with Crippen LogP contribution in [0, 0.1) is 5.92 Å². The van der Waals surface area contributed by atoms with E-state index in [1.165, 1.54) is 32.1 Å². The van der Waals surface area contributed by atoms with Gasteiger partial charge in [-0.3, -0.25) is 4.90 Å². The van der Waals surface area contributed by atoms with Crippen molar-refractivity contribution in [1.29, 1.82) is 0 Å². The molecule has 88 valence electrons. The summed E-state index contributed by atoms with van der Waals surface area (Å²) < 4.78 is 5.38. The molecule has 2 rings (SSSR count). The second kappa shape index (κ2) is 5.83. The minimum Gasteiger partial charge on any atom is -0.379 e. The van der Waals surface area contributed by atoms with Crippen LogP contribution in [0.4, 0.5) is 0 Å². The summed E-state index contributed by atoms with van der Waals surface area (Å²) in [5.74, 6) is 0.946. The molecule has 1 aliphatic heterocycles. The van der Waals surface area contributed by atoms with Crippen molar-refractivity contribution in [2.24, 2.45) is 11.7 Å². The first kappa shape index (κ1) is 11.4. The van der Waals surface area contributed by atoms with Gasteiger partial charge in [0.15, 0.2) is 0 Å². The average molecular weight is 212 g/mol. The second-order valence-electron chi connectivity index (χ2n) is 4.92. The zero-order valence-corrected chi connectivity index (χ0v) is 9.66. The molecule has 1 atom stereocenters. The van der Waals surface area contributed by atoms with E-state index < -0.39 is 0 Å². The Labute approximate surface area is 93.0 Å². The van der Waals surface area contributed by atoms with Crippen LogP contribution in [0.3, 0.4) is 0 Å². The molecule has 15 heavy (non-hydrogen) atoms. The molecule has 0 aromatic heterocycles. The van der Waals surface area contributed by atoms with Crippen molar-refractivity contribution < 1.29 is 4.74 Å². The maximum Gasteiger partial charge on any atom is 0.0594 e. The lowest BCUT2D eigenvalue weighted by Gasteiger charge is -2.35. The van der Waals surface area contributed by atoms with Crippen LogP contribution < -0.4 is 5.73 Å². The van der Waals surface area contributed by atoms with E-state index >= 15 is 0 Å². The van der Waals surface area contributed by atoms with Gasteiger partial charge in [-0.15, -0.1) is 0 Å². The Kier molecular flexibility index (Phi) is 4.42. The fourth-order valence-corrected chi connectivity index (χ4v) is 2.97. The summed E-state index contributed by atoms with van der Waals surface area (Å²) in [6.07, 6.45) is 7.05. The molecule has 1 saturated carbocycles. The van der Waals surface area contributed by atoms with E-state index in [2.05, 4.69) is 4.90 Å². The molecule has 3 heteroatoms. The Balaban J connectivity index is 1.79. The third kappa shape index (κ3) is 3.16. The quantitative estimate of drug-likeness (QED) is 0.761. The summed E-state index contributed by atoms with van der Waals surface area (Å²) in [5.41, 5.74) is 5.90. The highest BCUT2D eigenvalue weighted by molar-refractivity contribution is 4.80. The molecule has 1 unspecified atom stereocenters. The Morgan fingerprint density at radius 3 is 2.47 bits per heavy atom. The molecular weight excluding hydrogens is 188 g/mol. The van der Waals surface area contributed by atoms with Crippen LogP contribution in [-0.2, 0) is 4.74 Å². The summed E-state index contributed by atoms with van der Waals surface area (Å²) >= 11 is 0. The fraction of sp³-hybridized carbons (Fsp3) is 1.00. The average Bonchev–Trinajstić information content (AvgIpc) is 2.80. The van der Waals surface area contributed by atoms with E-state index in [0.717, 1.165) is 38.8 Å². The molecule has 2 N–H and O–H groups in total. The topological polar surface area (TPSA) is 38.5 Å². The molecule has 1 saturated heterocycles. The minimum absolute atomic E-state index is 0.608. The zero-order chi connectivity index (χ0) is 10.5. The van der Waals surface area contributed by atoms with Crippen LogP contribution in [-0.4, -0.2) is 43.8 Å². The van der Waals surface area contributed by atoms with Gasteiger partial charge >= 0.3 is 0 Å². The number of ether oxygens (including phenoxy) is 1. The fourth-order valence-electron chi connectivity index (χ4n) is 2.97. The molecule has 2 aliphatic rings. The van der Waals surface area contributed by atoms with Crippen LogP contribution in [0.25, 0.3) is 0 Å². The van der Waals surface area contributed by atoms with Crippen molar-refractivity contribution in [2.75, 3.05) is 32.8 Å². The highest BCUT2D eigenvalue weighted by Crippen LogP contribution is 2.29. The third-order valence-corrected chi connectivity index (χ3v) is 3.91. The van der Waals surface area contributed by atoms with Crippen LogP contribution in [0.1, 0.15) is 32.1 Å². The van der Waals surface area contributed by atoms with Crippen LogP contribution >= 0.6 is 0 Å². The summed E-state index contributed by atoms with van der Waals surface area (Å²) in [7, 11) is 0. The lowest BCUT2D eigenvalue weighted by molar-refractivity contribution is 0.0134. The highest BCUT2D eigenvalue weighted by atomic mass is 16.5. The summed E-state index contributed by atoms with van der Waals surface area (Å²) in [5, 5.41) is 0. The summed E-state index contributed by atoms with van der Waals surface area (Å²) in [6.45, 7) is 4.75. The molecule has 3 nitrogen and oxygen atoms in total. The first-order valence-corrected chi connectivity index (χ1v) is 6.42. The van der Waals surface area contributed by atoms with E-state index in [9.17, 15) is 0 Å². The number of hydrogen-bond donors (Lipinski definition) is 1. The van der Waals surface area contributed by atoms with Crippen LogP contribution in [0.2, 0.25) is 0 Å². The first-order chi connectivity index (χ1) is 7.40. The molecule has 1 heterocycles. The largest absolute Gasteiger partial charge is 0.379 e. The standard InChI is InChI=1S/C12H24N2O/c13-10-12(9-11-3-1-2-4-11)14-5-7-15-8-6-14/h11-12H,1-10,13H2. The van der Waals surface area contributed by atoms with E-state index in [1.807, 2.05) is 0 Å². The van der Waals surface area contributed by atoms with Crippen molar-refractivity contribution in [2.45, 2.75) is 38.1 Å². The van der Waals surface area contributed by atoms with Gasteiger partial charge in [-0.05, 0) is 12.3 Å². The predicted octanol–water partition coefficient (Wildman–Crippen LogP) is 1.23. The monoisotopic (exact) mass is 212 g/mol. The van der Waals surface area contributed by atoms with Gasteiger partial charge in [0.25, 0.3) is 0 Å². The zero-order valence-electron chi connectivity index (χ0n) is 9.66. The van der Waals surface area contributed by atoms with Gasteiger partial charge in [-0.2, -0.15) is 0 Å². The molecule has 1 aliphatic carbocycles. The Hall–Kier alpha value is -0.120. The van der Waals surface area contributed by atoms with Crippen LogP contribution in [0.15, 0.2) is 0 Å². The van der Waals surface area contributed by atoms with Crippen molar-refractivity contribution in [3.63, 3.8) is 0 Å². The third-order valence-electron chi connectivity index (χ3n) is 3.91. The lowest BCUT2D eigenvalue weighted by Crippen LogP contribution is -2.47. The molecular formula is C12H24N2O. The van der Waals surface area contributed by atoms with Gasteiger partial charge in [0, 0.05) is 25.7 Å². The normalized spacial score (nSPS) is 27.0. The summed E-state index contributed by atoms with van der Waals surface area (Å²) in [4.78, 5) is 2.53. The van der Waals surface area contributed by atoms with Crippen molar-refractivity contribution in [1.82, 2.24) is 4.90 Å². The molecule has 0 spiro atoms. The number of hydrogen-bond acceptors (Lipinski definition) is 3. The van der Waals surface area contributed by atoms with Gasteiger partial charge in [0.2, 0.25) is 0 Å². The van der Waals surface area contributed by atoms with E-state index in [1.54, 1.807) is 0 Å². The van der Waals surface area contributed by atoms with Crippen molar-refractivity contribution in [3.8, 4) is 0 Å². The van der Waals surface area contributed by atoms with Crippen molar-refractivity contribution >= 4 is 0 Å². The number of nitrogens with two attached hydrogens (primary N) is 1. The Bertz CT molecular complexity index is 174.